The Labute approximate surface area is 127 Å². The molecule has 21 heavy (non-hydrogen) atoms. The summed E-state index contributed by atoms with van der Waals surface area (Å²) in [5, 5.41) is 2.90. The van der Waals surface area contributed by atoms with Gasteiger partial charge in [0.2, 0.25) is 0 Å². The number of ether oxygens (including phenoxy) is 2. The van der Waals surface area contributed by atoms with Gasteiger partial charge in [-0.05, 0) is 33.6 Å². The number of piperidine rings is 1. The van der Waals surface area contributed by atoms with E-state index in [1.165, 1.54) is 7.11 Å². The molecule has 1 aliphatic rings. The maximum Gasteiger partial charge on any atom is 0.407 e. The Bertz CT molecular complexity index is 357. The number of nitrogens with one attached hydrogen (secondary N) is 1. The lowest BCUT2D eigenvalue weighted by atomic mass is 10.0. The average molecular weight is 300 g/mol. The highest BCUT2D eigenvalue weighted by Gasteiger charge is 2.25. The summed E-state index contributed by atoms with van der Waals surface area (Å²) in [5.41, 5.74) is -0.471. The van der Waals surface area contributed by atoms with Crippen molar-refractivity contribution in [2.24, 2.45) is 5.92 Å². The Morgan fingerprint density at radius 3 is 2.33 bits per heavy atom. The molecular formula is C15H28N2O4. The van der Waals surface area contributed by atoms with Crippen molar-refractivity contribution >= 4 is 12.1 Å². The predicted molar refractivity (Wildman–Crippen MR) is 80.0 cm³/mol. The van der Waals surface area contributed by atoms with Crippen molar-refractivity contribution < 1.29 is 19.1 Å². The van der Waals surface area contributed by atoms with Crippen molar-refractivity contribution in [2.75, 3.05) is 26.7 Å². The van der Waals surface area contributed by atoms with Gasteiger partial charge >= 0.3 is 12.1 Å². The first-order valence-corrected chi connectivity index (χ1v) is 7.51. The molecule has 0 unspecified atom stereocenters. The first-order chi connectivity index (χ1) is 9.71. The van der Waals surface area contributed by atoms with E-state index in [-0.39, 0.29) is 24.0 Å². The molecule has 1 rings (SSSR count). The summed E-state index contributed by atoms with van der Waals surface area (Å²) in [6, 6.07) is 0.143. The lowest BCUT2D eigenvalue weighted by Gasteiger charge is -2.33. The number of carbonyl (C=O) groups excluding carboxylic acids is 2. The van der Waals surface area contributed by atoms with Crippen LogP contribution in [0.3, 0.4) is 0 Å². The second-order valence-corrected chi connectivity index (χ2v) is 6.65. The minimum atomic E-state index is -0.471. The third-order valence-corrected chi connectivity index (χ3v) is 3.44. The minimum Gasteiger partial charge on any atom is -0.469 e. The van der Waals surface area contributed by atoms with E-state index >= 15 is 0 Å². The molecule has 6 nitrogen and oxygen atoms in total. The van der Waals surface area contributed by atoms with Crippen LogP contribution >= 0.6 is 0 Å². The first kappa shape index (κ1) is 17.8. The van der Waals surface area contributed by atoms with Crippen LogP contribution in [0.2, 0.25) is 0 Å². The number of nitrogens with zero attached hydrogens (tertiary/aromatic N) is 1. The van der Waals surface area contributed by atoms with Crippen LogP contribution in [0, 0.1) is 5.92 Å². The van der Waals surface area contributed by atoms with Gasteiger partial charge in [-0.1, -0.05) is 6.92 Å². The molecule has 1 N–H and O–H groups in total. The molecule has 0 bridgehead atoms. The largest absolute Gasteiger partial charge is 0.469 e. The molecule has 1 atom stereocenters. The van der Waals surface area contributed by atoms with Gasteiger partial charge in [-0.25, -0.2) is 4.79 Å². The van der Waals surface area contributed by atoms with Crippen molar-refractivity contribution in [3.63, 3.8) is 0 Å². The number of hydrogen-bond acceptors (Lipinski definition) is 5. The fraction of sp³-hybridized carbons (Fsp3) is 0.867. The third kappa shape index (κ3) is 6.80. The molecule has 1 aliphatic heterocycles. The highest BCUT2D eigenvalue weighted by molar-refractivity contribution is 5.72. The smallest absolute Gasteiger partial charge is 0.407 e. The Hall–Kier alpha value is -1.30. The van der Waals surface area contributed by atoms with Crippen LogP contribution in [0.15, 0.2) is 0 Å². The van der Waals surface area contributed by atoms with Gasteiger partial charge in [-0.2, -0.15) is 0 Å². The molecule has 1 amide bonds. The van der Waals surface area contributed by atoms with E-state index in [9.17, 15) is 9.59 Å². The maximum absolute atomic E-state index is 11.7. The molecule has 0 saturated carbocycles. The summed E-state index contributed by atoms with van der Waals surface area (Å²) in [7, 11) is 1.41. The summed E-state index contributed by atoms with van der Waals surface area (Å²) in [4.78, 5) is 25.3. The number of esters is 1. The summed E-state index contributed by atoms with van der Waals surface area (Å²) < 4.78 is 9.99. The van der Waals surface area contributed by atoms with Crippen molar-refractivity contribution in [1.29, 1.82) is 0 Å². The second kappa shape index (κ2) is 7.64. The number of hydrogen-bond donors (Lipinski definition) is 1. The van der Waals surface area contributed by atoms with Gasteiger partial charge in [0, 0.05) is 25.7 Å². The van der Waals surface area contributed by atoms with E-state index in [1.807, 2.05) is 27.7 Å². The van der Waals surface area contributed by atoms with E-state index in [4.69, 9.17) is 9.47 Å². The van der Waals surface area contributed by atoms with E-state index < -0.39 is 5.60 Å². The van der Waals surface area contributed by atoms with E-state index in [2.05, 4.69) is 10.2 Å². The first-order valence-electron chi connectivity index (χ1n) is 7.51. The van der Waals surface area contributed by atoms with E-state index in [0.29, 0.717) is 6.54 Å². The molecule has 1 heterocycles. The van der Waals surface area contributed by atoms with Crippen molar-refractivity contribution in [2.45, 2.75) is 52.2 Å². The zero-order valence-electron chi connectivity index (χ0n) is 13.8. The normalized spacial score (nSPS) is 18.9. The van der Waals surface area contributed by atoms with Gasteiger partial charge in [0.05, 0.1) is 13.0 Å². The van der Waals surface area contributed by atoms with Crippen molar-refractivity contribution in [1.82, 2.24) is 10.2 Å². The van der Waals surface area contributed by atoms with Crippen LogP contribution in [-0.2, 0) is 14.3 Å². The van der Waals surface area contributed by atoms with Crippen LogP contribution < -0.4 is 5.32 Å². The van der Waals surface area contributed by atoms with Gasteiger partial charge < -0.3 is 19.7 Å². The molecular weight excluding hydrogens is 272 g/mol. The Balaban J connectivity index is 2.29. The molecule has 0 aromatic heterocycles. The summed E-state index contributed by atoms with van der Waals surface area (Å²) in [6.07, 6.45) is 1.38. The van der Waals surface area contributed by atoms with Crippen LogP contribution in [0.25, 0.3) is 0 Å². The van der Waals surface area contributed by atoms with Crippen LogP contribution in [-0.4, -0.2) is 55.3 Å². The number of rotatable bonds is 4. The highest BCUT2D eigenvalue weighted by Crippen LogP contribution is 2.14. The maximum atomic E-state index is 11.7. The van der Waals surface area contributed by atoms with Gasteiger partial charge in [-0.15, -0.1) is 0 Å². The monoisotopic (exact) mass is 300 g/mol. The number of methoxy groups -OCH3 is 1. The van der Waals surface area contributed by atoms with E-state index in [0.717, 1.165) is 25.9 Å². The van der Waals surface area contributed by atoms with Gasteiger partial charge in [0.25, 0.3) is 0 Å². The summed E-state index contributed by atoms with van der Waals surface area (Å²) in [5.74, 6) is -0.297. The molecule has 0 aliphatic carbocycles. The summed E-state index contributed by atoms with van der Waals surface area (Å²) in [6.45, 7) is 9.85. The zero-order valence-corrected chi connectivity index (χ0v) is 13.8. The number of amides is 1. The van der Waals surface area contributed by atoms with E-state index in [1.54, 1.807) is 0 Å². The average Bonchev–Trinajstić information content (AvgIpc) is 2.37. The molecule has 0 spiro atoms. The fourth-order valence-corrected chi connectivity index (χ4v) is 2.40. The zero-order chi connectivity index (χ0) is 16.0. The lowest BCUT2D eigenvalue weighted by Crippen LogP contribution is -2.47. The Morgan fingerprint density at radius 1 is 1.29 bits per heavy atom. The molecule has 0 radical (unpaired) electrons. The fourth-order valence-electron chi connectivity index (χ4n) is 2.40. The van der Waals surface area contributed by atoms with Crippen LogP contribution in [0.5, 0.6) is 0 Å². The van der Waals surface area contributed by atoms with Gasteiger partial charge in [-0.3, -0.25) is 4.79 Å². The quantitative estimate of drug-likeness (QED) is 0.802. The molecule has 1 saturated heterocycles. The minimum absolute atomic E-state index is 0.120. The molecule has 6 heteroatoms. The number of alkyl carbamates (subject to hydrolysis) is 1. The second-order valence-electron chi connectivity index (χ2n) is 6.65. The SMILES string of the molecule is COC(=O)[C@@H](C)CN1CCC(NC(=O)OC(C)(C)C)CC1. The predicted octanol–water partition coefficient (Wildman–Crippen LogP) is 1.78. The van der Waals surface area contributed by atoms with Crippen LogP contribution in [0.4, 0.5) is 4.79 Å². The molecule has 0 aromatic carbocycles. The molecule has 1 fully saturated rings. The topological polar surface area (TPSA) is 67.9 Å². The standard InChI is InChI=1S/C15H28N2O4/c1-11(13(18)20-5)10-17-8-6-12(7-9-17)16-14(19)21-15(2,3)4/h11-12H,6-10H2,1-5H3,(H,16,19)/t11-/m0/s1. The molecule has 0 aromatic rings. The van der Waals surface area contributed by atoms with Crippen LogP contribution in [0.1, 0.15) is 40.5 Å². The Kier molecular flexibility index (Phi) is 6.45. The van der Waals surface area contributed by atoms with Gasteiger partial charge in [0.15, 0.2) is 0 Å². The summed E-state index contributed by atoms with van der Waals surface area (Å²) >= 11 is 0. The van der Waals surface area contributed by atoms with Crippen molar-refractivity contribution in [3.05, 3.63) is 0 Å². The highest BCUT2D eigenvalue weighted by atomic mass is 16.6. The Morgan fingerprint density at radius 2 is 1.86 bits per heavy atom. The lowest BCUT2D eigenvalue weighted by molar-refractivity contribution is -0.145. The van der Waals surface area contributed by atoms with Crippen molar-refractivity contribution in [3.8, 4) is 0 Å². The number of likely N-dealkylation sites (tertiary alicyclic amines) is 1. The third-order valence-electron chi connectivity index (χ3n) is 3.44. The molecule has 122 valence electrons. The number of carbonyl (C=O) groups is 2. The van der Waals surface area contributed by atoms with Gasteiger partial charge in [0.1, 0.15) is 5.60 Å².